The van der Waals surface area contributed by atoms with Gasteiger partial charge < -0.3 is 5.32 Å². The van der Waals surface area contributed by atoms with Crippen LogP contribution < -0.4 is 5.32 Å². The molecule has 0 saturated heterocycles. The molecule has 1 heterocycles. The van der Waals surface area contributed by atoms with Crippen molar-refractivity contribution in [3.63, 3.8) is 0 Å². The van der Waals surface area contributed by atoms with Gasteiger partial charge in [-0.25, -0.2) is 0 Å². The number of aromatic nitrogens is 1. The third kappa shape index (κ3) is 2.71. The molecule has 0 aliphatic heterocycles. The van der Waals surface area contributed by atoms with E-state index in [-0.39, 0.29) is 6.04 Å². The zero-order chi connectivity index (χ0) is 12.3. The molecule has 1 atom stereocenters. The van der Waals surface area contributed by atoms with Crippen molar-refractivity contribution in [2.45, 2.75) is 19.9 Å². The Balaban J connectivity index is 2.42. The summed E-state index contributed by atoms with van der Waals surface area (Å²) in [6, 6.07) is 12.8. The lowest BCUT2D eigenvalue weighted by Crippen LogP contribution is -2.19. The quantitative estimate of drug-likeness (QED) is 0.870. The zero-order valence-corrected chi connectivity index (χ0v) is 10.6. The average molecular weight is 226 g/mol. The van der Waals surface area contributed by atoms with Gasteiger partial charge in [-0.3, -0.25) is 4.98 Å². The molecule has 0 aliphatic carbocycles. The van der Waals surface area contributed by atoms with Crippen LogP contribution in [-0.4, -0.2) is 12.0 Å². The zero-order valence-electron chi connectivity index (χ0n) is 10.6. The molecule has 1 aromatic heterocycles. The van der Waals surface area contributed by atoms with Gasteiger partial charge >= 0.3 is 0 Å². The highest BCUT2D eigenvalue weighted by molar-refractivity contribution is 5.34. The van der Waals surface area contributed by atoms with Crippen LogP contribution in [0.2, 0.25) is 0 Å². The highest BCUT2D eigenvalue weighted by Crippen LogP contribution is 2.21. The molecule has 2 heteroatoms. The largest absolute Gasteiger partial charge is 0.308 e. The van der Waals surface area contributed by atoms with Crippen LogP contribution in [-0.2, 0) is 0 Å². The van der Waals surface area contributed by atoms with Gasteiger partial charge in [0.1, 0.15) is 0 Å². The number of rotatable bonds is 3. The van der Waals surface area contributed by atoms with Crippen molar-refractivity contribution in [2.75, 3.05) is 7.05 Å². The summed E-state index contributed by atoms with van der Waals surface area (Å²) >= 11 is 0. The monoisotopic (exact) mass is 226 g/mol. The molecule has 0 aliphatic rings. The number of nitrogens with one attached hydrogen (secondary N) is 1. The molecule has 0 bridgehead atoms. The van der Waals surface area contributed by atoms with Crippen LogP contribution in [0, 0.1) is 13.8 Å². The fourth-order valence-corrected chi connectivity index (χ4v) is 2.21. The van der Waals surface area contributed by atoms with Crippen molar-refractivity contribution in [3.8, 4) is 0 Å². The van der Waals surface area contributed by atoms with Crippen LogP contribution in [0.1, 0.15) is 28.4 Å². The van der Waals surface area contributed by atoms with E-state index >= 15 is 0 Å². The van der Waals surface area contributed by atoms with E-state index in [9.17, 15) is 0 Å². The van der Waals surface area contributed by atoms with Gasteiger partial charge in [-0.15, -0.1) is 0 Å². The molecule has 0 saturated carbocycles. The maximum absolute atomic E-state index is 4.42. The molecule has 2 nitrogen and oxygen atoms in total. The standard InChI is InChI=1S/C15H18N2/c1-11-8-12(2)10-13(9-11)15(16-3)14-6-4-5-7-17-14/h4-10,15-16H,1-3H3. The highest BCUT2D eigenvalue weighted by Gasteiger charge is 2.13. The van der Waals surface area contributed by atoms with Gasteiger partial charge in [-0.2, -0.15) is 0 Å². The van der Waals surface area contributed by atoms with E-state index in [1.807, 2.05) is 25.4 Å². The second kappa shape index (κ2) is 5.11. The Hall–Kier alpha value is -1.67. The summed E-state index contributed by atoms with van der Waals surface area (Å²) < 4.78 is 0. The van der Waals surface area contributed by atoms with E-state index in [0.29, 0.717) is 0 Å². The lowest BCUT2D eigenvalue weighted by atomic mass is 9.99. The third-order valence-electron chi connectivity index (χ3n) is 2.85. The number of hydrogen-bond acceptors (Lipinski definition) is 2. The molecular formula is C15H18N2. The Morgan fingerprint density at radius 1 is 1.06 bits per heavy atom. The van der Waals surface area contributed by atoms with Crippen LogP contribution in [0.15, 0.2) is 42.6 Å². The normalized spacial score (nSPS) is 12.4. The van der Waals surface area contributed by atoms with Crippen LogP contribution in [0.25, 0.3) is 0 Å². The Kier molecular flexibility index (Phi) is 3.55. The molecule has 0 fully saturated rings. The summed E-state index contributed by atoms with van der Waals surface area (Å²) in [5.41, 5.74) is 4.90. The second-order valence-corrected chi connectivity index (χ2v) is 4.40. The van der Waals surface area contributed by atoms with Gasteiger partial charge in [0.2, 0.25) is 0 Å². The summed E-state index contributed by atoms with van der Waals surface area (Å²) in [7, 11) is 1.97. The van der Waals surface area contributed by atoms with Crippen molar-refractivity contribution in [1.29, 1.82) is 0 Å². The molecule has 1 aromatic carbocycles. The van der Waals surface area contributed by atoms with Crippen molar-refractivity contribution < 1.29 is 0 Å². The smallest absolute Gasteiger partial charge is 0.0749 e. The summed E-state index contributed by atoms with van der Waals surface area (Å²) in [4.78, 5) is 4.42. The Morgan fingerprint density at radius 3 is 2.29 bits per heavy atom. The van der Waals surface area contributed by atoms with Gasteiger partial charge in [0, 0.05) is 6.20 Å². The Labute approximate surface area is 103 Å². The molecule has 17 heavy (non-hydrogen) atoms. The number of pyridine rings is 1. The van der Waals surface area contributed by atoms with Crippen LogP contribution in [0.4, 0.5) is 0 Å². The number of aryl methyl sites for hydroxylation is 2. The first-order valence-corrected chi connectivity index (χ1v) is 5.87. The van der Waals surface area contributed by atoms with Crippen molar-refractivity contribution in [3.05, 3.63) is 65.0 Å². The topological polar surface area (TPSA) is 24.9 Å². The second-order valence-electron chi connectivity index (χ2n) is 4.40. The fraction of sp³-hybridized carbons (Fsp3) is 0.267. The van der Waals surface area contributed by atoms with Crippen LogP contribution >= 0.6 is 0 Å². The van der Waals surface area contributed by atoms with Gasteiger partial charge in [-0.1, -0.05) is 35.4 Å². The molecule has 2 rings (SSSR count). The Bertz CT molecular complexity index is 471. The summed E-state index contributed by atoms with van der Waals surface area (Å²) in [5, 5.41) is 3.33. The molecule has 1 N–H and O–H groups in total. The summed E-state index contributed by atoms with van der Waals surface area (Å²) in [6.07, 6.45) is 1.84. The van der Waals surface area contributed by atoms with Gasteiger partial charge in [0.15, 0.2) is 0 Å². The Morgan fingerprint density at radius 2 is 1.76 bits per heavy atom. The van der Waals surface area contributed by atoms with E-state index in [1.165, 1.54) is 16.7 Å². The van der Waals surface area contributed by atoms with Crippen molar-refractivity contribution >= 4 is 0 Å². The summed E-state index contributed by atoms with van der Waals surface area (Å²) in [5.74, 6) is 0. The van der Waals surface area contributed by atoms with E-state index in [2.05, 4.69) is 48.4 Å². The van der Waals surface area contributed by atoms with E-state index in [1.54, 1.807) is 0 Å². The minimum atomic E-state index is 0.162. The van der Waals surface area contributed by atoms with Gasteiger partial charge in [0.05, 0.1) is 11.7 Å². The molecule has 0 radical (unpaired) electrons. The number of hydrogen-bond donors (Lipinski definition) is 1. The first kappa shape index (κ1) is 11.8. The first-order valence-electron chi connectivity index (χ1n) is 5.87. The minimum absolute atomic E-state index is 0.162. The molecule has 88 valence electrons. The lowest BCUT2D eigenvalue weighted by molar-refractivity contribution is 0.670. The molecule has 0 amide bonds. The van der Waals surface area contributed by atoms with E-state index in [4.69, 9.17) is 0 Å². The molecule has 0 spiro atoms. The van der Waals surface area contributed by atoms with Crippen LogP contribution in [0.5, 0.6) is 0 Å². The fourth-order valence-electron chi connectivity index (χ4n) is 2.21. The van der Waals surface area contributed by atoms with E-state index < -0.39 is 0 Å². The highest BCUT2D eigenvalue weighted by atomic mass is 14.9. The minimum Gasteiger partial charge on any atom is -0.308 e. The predicted octanol–water partition coefficient (Wildman–Crippen LogP) is 3.01. The lowest BCUT2D eigenvalue weighted by Gasteiger charge is -2.17. The number of benzene rings is 1. The van der Waals surface area contributed by atoms with Gasteiger partial charge in [0.25, 0.3) is 0 Å². The molecule has 2 aromatic rings. The molecular weight excluding hydrogens is 208 g/mol. The maximum Gasteiger partial charge on any atom is 0.0749 e. The van der Waals surface area contributed by atoms with Crippen molar-refractivity contribution in [1.82, 2.24) is 10.3 Å². The van der Waals surface area contributed by atoms with E-state index in [0.717, 1.165) is 5.69 Å². The SMILES string of the molecule is CNC(c1cc(C)cc(C)c1)c1ccccn1. The van der Waals surface area contributed by atoms with Crippen LogP contribution in [0.3, 0.4) is 0 Å². The third-order valence-corrected chi connectivity index (χ3v) is 2.85. The molecule has 1 unspecified atom stereocenters. The van der Waals surface area contributed by atoms with Gasteiger partial charge in [-0.05, 0) is 38.6 Å². The summed E-state index contributed by atoms with van der Waals surface area (Å²) in [6.45, 7) is 4.25. The average Bonchev–Trinajstić information content (AvgIpc) is 2.30. The number of nitrogens with zero attached hydrogens (tertiary/aromatic N) is 1. The predicted molar refractivity (Wildman–Crippen MR) is 71.1 cm³/mol. The first-order chi connectivity index (χ1) is 8.20. The van der Waals surface area contributed by atoms with Crippen molar-refractivity contribution in [2.24, 2.45) is 0 Å². The maximum atomic E-state index is 4.42.